The Morgan fingerprint density at radius 1 is 1.19 bits per heavy atom. The van der Waals surface area contributed by atoms with Crippen molar-refractivity contribution in [2.45, 2.75) is 0 Å². The van der Waals surface area contributed by atoms with Crippen molar-refractivity contribution in [3.05, 3.63) is 51.3 Å². The van der Waals surface area contributed by atoms with Gasteiger partial charge in [0, 0.05) is 15.1 Å². The Balaban J connectivity index is 2.31. The number of nitrogens with one attached hydrogen (secondary N) is 1. The molecule has 1 aromatic heterocycles. The summed E-state index contributed by atoms with van der Waals surface area (Å²) in [5.74, 6) is -0.194. The first-order valence-corrected chi connectivity index (χ1v) is 6.08. The second-order valence-electron chi connectivity index (χ2n) is 3.09. The van der Waals surface area contributed by atoms with Gasteiger partial charge >= 0.3 is 0 Å². The minimum atomic E-state index is -0.398. The lowest BCUT2D eigenvalue weighted by atomic mass is 10.3. The van der Waals surface area contributed by atoms with Gasteiger partial charge in [0.2, 0.25) is 0 Å². The maximum Gasteiger partial charge on any atom is 0.166 e. The van der Waals surface area contributed by atoms with E-state index in [4.69, 9.17) is 0 Å². The Labute approximate surface area is 109 Å². The van der Waals surface area contributed by atoms with Crippen LogP contribution in [0.4, 0.5) is 15.9 Å². The Hall–Kier alpha value is -0.940. The van der Waals surface area contributed by atoms with Crippen molar-refractivity contribution in [1.29, 1.82) is 0 Å². The molecular formula is C11H7Br2FN2. The predicted octanol–water partition coefficient (Wildman–Crippen LogP) is 4.49. The summed E-state index contributed by atoms with van der Waals surface area (Å²) in [6, 6.07) is 8.84. The SMILES string of the molecule is Fc1cc(Br)cnc1Nc1ccccc1Br. The highest BCUT2D eigenvalue weighted by molar-refractivity contribution is 9.10. The lowest BCUT2D eigenvalue weighted by Gasteiger charge is -2.08. The summed E-state index contributed by atoms with van der Waals surface area (Å²) in [6.45, 7) is 0. The molecule has 0 bridgehead atoms. The molecule has 0 aliphatic rings. The van der Waals surface area contributed by atoms with Crippen molar-refractivity contribution in [2.24, 2.45) is 0 Å². The molecule has 0 spiro atoms. The summed E-state index contributed by atoms with van der Waals surface area (Å²) in [7, 11) is 0. The fourth-order valence-electron chi connectivity index (χ4n) is 1.20. The van der Waals surface area contributed by atoms with Gasteiger partial charge in [-0.25, -0.2) is 9.37 Å². The molecule has 0 saturated heterocycles. The van der Waals surface area contributed by atoms with Crippen molar-refractivity contribution < 1.29 is 4.39 Å². The van der Waals surface area contributed by atoms with E-state index >= 15 is 0 Å². The third kappa shape index (κ3) is 2.59. The lowest BCUT2D eigenvalue weighted by Crippen LogP contribution is -1.97. The minimum absolute atomic E-state index is 0.204. The summed E-state index contributed by atoms with van der Waals surface area (Å²) in [5.41, 5.74) is 0.774. The number of pyridine rings is 1. The summed E-state index contributed by atoms with van der Waals surface area (Å²) in [4.78, 5) is 3.96. The third-order valence-corrected chi connectivity index (χ3v) is 3.06. The molecule has 0 aliphatic carbocycles. The molecule has 1 heterocycles. The van der Waals surface area contributed by atoms with E-state index in [9.17, 15) is 4.39 Å². The van der Waals surface area contributed by atoms with E-state index in [2.05, 4.69) is 42.2 Å². The maximum atomic E-state index is 13.5. The highest BCUT2D eigenvalue weighted by atomic mass is 79.9. The van der Waals surface area contributed by atoms with E-state index in [0.29, 0.717) is 4.47 Å². The van der Waals surface area contributed by atoms with Gasteiger partial charge in [-0.3, -0.25) is 0 Å². The van der Waals surface area contributed by atoms with E-state index in [0.717, 1.165) is 10.2 Å². The fourth-order valence-corrected chi connectivity index (χ4v) is 1.88. The van der Waals surface area contributed by atoms with Crippen LogP contribution < -0.4 is 5.32 Å². The van der Waals surface area contributed by atoms with Crippen LogP contribution in [-0.4, -0.2) is 4.98 Å². The molecule has 0 amide bonds. The van der Waals surface area contributed by atoms with Gasteiger partial charge in [0.1, 0.15) is 0 Å². The fraction of sp³-hybridized carbons (Fsp3) is 0. The largest absolute Gasteiger partial charge is 0.337 e. The molecule has 0 unspecified atom stereocenters. The molecule has 2 nitrogen and oxygen atoms in total. The van der Waals surface area contributed by atoms with Gasteiger partial charge < -0.3 is 5.32 Å². The van der Waals surface area contributed by atoms with Gasteiger partial charge in [0.05, 0.1) is 5.69 Å². The Morgan fingerprint density at radius 2 is 1.94 bits per heavy atom. The molecule has 1 N–H and O–H groups in total. The molecule has 5 heteroatoms. The molecule has 82 valence electrons. The number of halogens is 3. The lowest BCUT2D eigenvalue weighted by molar-refractivity contribution is 0.625. The molecule has 0 radical (unpaired) electrons. The van der Waals surface area contributed by atoms with Crippen molar-refractivity contribution in [3.63, 3.8) is 0 Å². The first-order valence-electron chi connectivity index (χ1n) is 4.49. The zero-order chi connectivity index (χ0) is 11.5. The number of hydrogen-bond acceptors (Lipinski definition) is 2. The van der Waals surface area contributed by atoms with Crippen molar-refractivity contribution in [3.8, 4) is 0 Å². The van der Waals surface area contributed by atoms with Crippen LogP contribution in [0.3, 0.4) is 0 Å². The molecule has 0 atom stereocenters. The van der Waals surface area contributed by atoms with Gasteiger partial charge in [0.15, 0.2) is 11.6 Å². The van der Waals surface area contributed by atoms with Gasteiger partial charge in [-0.15, -0.1) is 0 Å². The highest BCUT2D eigenvalue weighted by Crippen LogP contribution is 2.26. The minimum Gasteiger partial charge on any atom is -0.337 e. The molecule has 0 saturated carbocycles. The second kappa shape index (κ2) is 4.93. The van der Waals surface area contributed by atoms with Gasteiger partial charge in [-0.1, -0.05) is 12.1 Å². The Kier molecular flexibility index (Phi) is 3.56. The Bertz CT molecular complexity index is 517. The second-order valence-corrected chi connectivity index (χ2v) is 4.86. The van der Waals surface area contributed by atoms with Crippen molar-refractivity contribution in [2.75, 3.05) is 5.32 Å². The number of aromatic nitrogens is 1. The molecule has 1 aromatic carbocycles. The van der Waals surface area contributed by atoms with E-state index in [1.807, 2.05) is 24.3 Å². The average molecular weight is 346 g/mol. The van der Waals surface area contributed by atoms with Crippen molar-refractivity contribution in [1.82, 2.24) is 4.98 Å². The van der Waals surface area contributed by atoms with Gasteiger partial charge in [-0.2, -0.15) is 0 Å². The molecule has 0 fully saturated rings. The molecule has 2 aromatic rings. The molecule has 2 rings (SSSR count). The summed E-state index contributed by atoms with van der Waals surface area (Å²) in [5, 5.41) is 2.91. The number of nitrogens with zero attached hydrogens (tertiary/aromatic N) is 1. The van der Waals surface area contributed by atoms with E-state index < -0.39 is 5.82 Å². The highest BCUT2D eigenvalue weighted by Gasteiger charge is 2.06. The van der Waals surface area contributed by atoms with Gasteiger partial charge in [-0.05, 0) is 50.1 Å². The first kappa shape index (κ1) is 11.5. The van der Waals surface area contributed by atoms with Crippen LogP contribution in [0.1, 0.15) is 0 Å². The normalized spacial score (nSPS) is 10.2. The number of benzene rings is 1. The monoisotopic (exact) mass is 344 g/mol. The number of anilines is 2. The number of rotatable bonds is 2. The van der Waals surface area contributed by atoms with Crippen LogP contribution in [0, 0.1) is 5.82 Å². The first-order chi connectivity index (χ1) is 7.66. The molecule has 16 heavy (non-hydrogen) atoms. The zero-order valence-electron chi connectivity index (χ0n) is 8.05. The van der Waals surface area contributed by atoms with Crippen LogP contribution in [-0.2, 0) is 0 Å². The molecular weight excluding hydrogens is 339 g/mol. The zero-order valence-corrected chi connectivity index (χ0v) is 11.2. The summed E-state index contributed by atoms with van der Waals surface area (Å²) in [6.07, 6.45) is 1.54. The smallest absolute Gasteiger partial charge is 0.166 e. The standard InChI is InChI=1S/C11H7Br2FN2/c12-7-5-9(14)11(15-6-7)16-10-4-2-1-3-8(10)13/h1-6H,(H,15,16). The maximum absolute atomic E-state index is 13.5. The van der Waals surface area contributed by atoms with Crippen LogP contribution in [0.15, 0.2) is 45.5 Å². The summed E-state index contributed by atoms with van der Waals surface area (Å²) >= 11 is 6.53. The van der Waals surface area contributed by atoms with E-state index in [1.54, 1.807) is 6.20 Å². The molecule has 0 aliphatic heterocycles. The summed E-state index contributed by atoms with van der Waals surface area (Å²) < 4.78 is 15.0. The third-order valence-electron chi connectivity index (χ3n) is 1.93. The van der Waals surface area contributed by atoms with E-state index in [1.165, 1.54) is 6.07 Å². The predicted molar refractivity (Wildman–Crippen MR) is 69.3 cm³/mol. The van der Waals surface area contributed by atoms with E-state index in [-0.39, 0.29) is 5.82 Å². The van der Waals surface area contributed by atoms with Crippen molar-refractivity contribution >= 4 is 43.4 Å². The van der Waals surface area contributed by atoms with Crippen LogP contribution in [0.25, 0.3) is 0 Å². The number of hydrogen-bond donors (Lipinski definition) is 1. The topological polar surface area (TPSA) is 24.9 Å². The van der Waals surface area contributed by atoms with Crippen LogP contribution in [0.2, 0.25) is 0 Å². The quantitative estimate of drug-likeness (QED) is 0.867. The van der Waals surface area contributed by atoms with Crippen LogP contribution in [0.5, 0.6) is 0 Å². The average Bonchev–Trinajstić information content (AvgIpc) is 2.25. The Morgan fingerprint density at radius 3 is 2.62 bits per heavy atom. The van der Waals surface area contributed by atoms with Gasteiger partial charge in [0.25, 0.3) is 0 Å². The number of para-hydroxylation sites is 1. The van der Waals surface area contributed by atoms with Crippen LogP contribution >= 0.6 is 31.9 Å².